The molecule has 18 heavy (non-hydrogen) atoms. The van der Waals surface area contributed by atoms with Gasteiger partial charge in [0.15, 0.2) is 0 Å². The molecule has 1 atom stereocenters. The lowest BCUT2D eigenvalue weighted by Crippen LogP contribution is -2.21. The molecule has 0 amide bonds. The van der Waals surface area contributed by atoms with Crippen molar-refractivity contribution in [1.82, 2.24) is 10.3 Å². The number of aromatic nitrogens is 1. The van der Waals surface area contributed by atoms with Gasteiger partial charge in [-0.05, 0) is 49.4 Å². The highest BCUT2D eigenvalue weighted by Crippen LogP contribution is 2.32. The Bertz CT molecular complexity index is 586. The van der Waals surface area contributed by atoms with Crippen LogP contribution in [0.2, 0.25) is 0 Å². The smallest absolute Gasteiger partial charge is 0.123 e. The molecule has 0 aliphatic heterocycles. The molecule has 0 unspecified atom stereocenters. The summed E-state index contributed by atoms with van der Waals surface area (Å²) in [5, 5.41) is 1.02. The minimum atomic E-state index is -0.175. The van der Waals surface area contributed by atoms with Gasteiger partial charge in [-0.1, -0.05) is 6.92 Å². The maximum atomic E-state index is 13.4. The molecule has 0 saturated heterocycles. The predicted molar refractivity (Wildman–Crippen MR) is 71.1 cm³/mol. The van der Waals surface area contributed by atoms with Crippen LogP contribution in [0, 0.1) is 5.82 Å². The van der Waals surface area contributed by atoms with E-state index in [2.05, 4.69) is 11.5 Å². The maximum absolute atomic E-state index is 13.4. The molecule has 1 aromatic carbocycles. The fourth-order valence-corrected chi connectivity index (χ4v) is 3.10. The summed E-state index contributed by atoms with van der Waals surface area (Å²) >= 11 is 0. The van der Waals surface area contributed by atoms with Gasteiger partial charge in [-0.3, -0.25) is 5.73 Å². The lowest BCUT2D eigenvalue weighted by atomic mass is 9.92. The molecule has 2 nitrogen and oxygen atoms in total. The van der Waals surface area contributed by atoms with Crippen LogP contribution in [-0.4, -0.2) is 10.6 Å². The highest BCUT2D eigenvalue weighted by molar-refractivity contribution is 5.86. The number of halogens is 1. The highest BCUT2D eigenvalue weighted by Gasteiger charge is 2.23. The quantitative estimate of drug-likeness (QED) is 0.776. The van der Waals surface area contributed by atoms with Crippen LogP contribution in [0.3, 0.4) is 0 Å². The van der Waals surface area contributed by atoms with Crippen molar-refractivity contribution in [3.8, 4) is 0 Å². The van der Waals surface area contributed by atoms with Crippen LogP contribution in [0.5, 0.6) is 0 Å². The normalized spacial score (nSPS) is 19.2. The van der Waals surface area contributed by atoms with Crippen molar-refractivity contribution in [2.24, 2.45) is 0 Å². The molecule has 1 aromatic heterocycles. The summed E-state index contributed by atoms with van der Waals surface area (Å²) in [7, 11) is 0. The molecule has 3 rings (SSSR count). The molecule has 95 valence electrons. The van der Waals surface area contributed by atoms with Gasteiger partial charge in [0, 0.05) is 29.2 Å². The zero-order valence-electron chi connectivity index (χ0n) is 10.7. The third-order valence-electron chi connectivity index (χ3n) is 3.88. The van der Waals surface area contributed by atoms with Crippen molar-refractivity contribution in [2.45, 2.75) is 45.2 Å². The van der Waals surface area contributed by atoms with Crippen molar-refractivity contribution in [3.05, 3.63) is 35.3 Å². The molecular weight excluding hydrogens is 227 g/mol. The van der Waals surface area contributed by atoms with Crippen molar-refractivity contribution < 1.29 is 4.39 Å². The average Bonchev–Trinajstić information content (AvgIpc) is 2.64. The van der Waals surface area contributed by atoms with E-state index in [9.17, 15) is 4.39 Å². The van der Waals surface area contributed by atoms with Gasteiger partial charge < -0.3 is 4.57 Å². The fraction of sp³-hybridized carbons (Fsp3) is 0.467. The Morgan fingerprint density at radius 1 is 1.44 bits per heavy atom. The van der Waals surface area contributed by atoms with Crippen LogP contribution in [0.1, 0.15) is 31.0 Å². The Hall–Kier alpha value is -1.35. The van der Waals surface area contributed by atoms with Gasteiger partial charge in [0.2, 0.25) is 0 Å². The first-order valence-corrected chi connectivity index (χ1v) is 6.71. The first kappa shape index (κ1) is 11.7. The SMILES string of the molecule is CCCn1c2c(c3cc(F)ccc31)C[C@H]([NH])CC2. The number of hydrogen-bond donors (Lipinski definition) is 0. The van der Waals surface area contributed by atoms with E-state index in [-0.39, 0.29) is 11.9 Å². The van der Waals surface area contributed by atoms with Crippen LogP contribution in [-0.2, 0) is 19.4 Å². The lowest BCUT2D eigenvalue weighted by molar-refractivity contribution is 0.534. The van der Waals surface area contributed by atoms with Gasteiger partial charge in [0.25, 0.3) is 0 Å². The van der Waals surface area contributed by atoms with E-state index in [1.165, 1.54) is 17.3 Å². The van der Waals surface area contributed by atoms with Crippen molar-refractivity contribution >= 4 is 10.9 Å². The minimum absolute atomic E-state index is 0.0264. The second kappa shape index (κ2) is 4.39. The van der Waals surface area contributed by atoms with E-state index < -0.39 is 0 Å². The molecule has 0 spiro atoms. The zero-order chi connectivity index (χ0) is 12.7. The van der Waals surface area contributed by atoms with Crippen LogP contribution < -0.4 is 5.73 Å². The summed E-state index contributed by atoms with van der Waals surface area (Å²) < 4.78 is 15.8. The second-order valence-corrected chi connectivity index (χ2v) is 5.18. The third kappa shape index (κ3) is 1.74. The summed E-state index contributed by atoms with van der Waals surface area (Å²) in [6, 6.07) is 5.04. The van der Waals surface area contributed by atoms with Gasteiger partial charge in [0.05, 0.1) is 0 Å². The number of fused-ring (bicyclic) bond motifs is 3. The lowest BCUT2D eigenvalue weighted by Gasteiger charge is -2.20. The number of hydrogen-bond acceptors (Lipinski definition) is 0. The molecule has 1 aliphatic rings. The topological polar surface area (TPSA) is 28.7 Å². The highest BCUT2D eigenvalue weighted by atomic mass is 19.1. The molecule has 3 heteroatoms. The van der Waals surface area contributed by atoms with Crippen molar-refractivity contribution in [2.75, 3.05) is 0 Å². The Labute approximate surface area is 107 Å². The molecule has 1 N–H and O–H groups in total. The van der Waals surface area contributed by atoms with Gasteiger partial charge in [-0.15, -0.1) is 0 Å². The molecule has 0 fully saturated rings. The van der Waals surface area contributed by atoms with E-state index in [1.807, 2.05) is 6.07 Å². The Morgan fingerprint density at radius 2 is 2.28 bits per heavy atom. The average molecular weight is 245 g/mol. The van der Waals surface area contributed by atoms with E-state index in [4.69, 9.17) is 5.73 Å². The van der Waals surface area contributed by atoms with Crippen LogP contribution in [0.15, 0.2) is 18.2 Å². The number of benzene rings is 1. The van der Waals surface area contributed by atoms with Crippen LogP contribution in [0.25, 0.3) is 10.9 Å². The monoisotopic (exact) mass is 245 g/mol. The minimum Gasteiger partial charge on any atom is -0.344 e. The molecule has 1 heterocycles. The van der Waals surface area contributed by atoms with Crippen molar-refractivity contribution in [1.29, 1.82) is 0 Å². The summed E-state index contributed by atoms with van der Waals surface area (Å²) in [4.78, 5) is 0. The largest absolute Gasteiger partial charge is 0.344 e. The second-order valence-electron chi connectivity index (χ2n) is 5.18. The molecule has 2 aromatic rings. The molecule has 0 saturated carbocycles. The Morgan fingerprint density at radius 3 is 3.06 bits per heavy atom. The molecule has 0 bridgehead atoms. The maximum Gasteiger partial charge on any atom is 0.123 e. The first-order chi connectivity index (χ1) is 8.70. The van der Waals surface area contributed by atoms with Gasteiger partial charge in [-0.25, -0.2) is 4.39 Å². The zero-order valence-corrected chi connectivity index (χ0v) is 10.7. The standard InChI is InChI=1S/C15H18FN2/c1-2-7-18-14-5-3-10(16)8-12(14)13-9-11(17)4-6-15(13)18/h3,5,8,11,17H,2,4,6-7,9H2,1H3/t11-/m1/s1. The summed E-state index contributed by atoms with van der Waals surface area (Å²) in [6.45, 7) is 3.15. The predicted octanol–water partition coefficient (Wildman–Crippen LogP) is 3.33. The van der Waals surface area contributed by atoms with Crippen LogP contribution in [0.4, 0.5) is 4.39 Å². The van der Waals surface area contributed by atoms with Crippen molar-refractivity contribution in [3.63, 3.8) is 0 Å². The summed E-state index contributed by atoms with van der Waals surface area (Å²) in [5.41, 5.74) is 11.6. The summed E-state index contributed by atoms with van der Waals surface area (Å²) in [5.74, 6) is -0.175. The summed E-state index contributed by atoms with van der Waals surface area (Å²) in [6.07, 6.45) is 3.74. The van der Waals surface area contributed by atoms with Crippen LogP contribution >= 0.6 is 0 Å². The molecule has 1 aliphatic carbocycles. The first-order valence-electron chi connectivity index (χ1n) is 6.71. The third-order valence-corrected chi connectivity index (χ3v) is 3.88. The Balaban J connectivity index is 2.26. The van der Waals surface area contributed by atoms with E-state index in [0.717, 1.165) is 43.1 Å². The van der Waals surface area contributed by atoms with Gasteiger partial charge in [-0.2, -0.15) is 0 Å². The number of nitrogens with one attached hydrogen (secondary N) is 1. The number of aryl methyl sites for hydroxylation is 1. The Kier molecular flexibility index (Phi) is 2.86. The van der Waals surface area contributed by atoms with Gasteiger partial charge >= 0.3 is 0 Å². The fourth-order valence-electron chi connectivity index (χ4n) is 3.10. The van der Waals surface area contributed by atoms with E-state index in [0.29, 0.717) is 0 Å². The van der Waals surface area contributed by atoms with E-state index >= 15 is 0 Å². The molecular formula is C15H18FN2. The number of nitrogens with zero attached hydrogens (tertiary/aromatic N) is 1. The number of rotatable bonds is 2. The van der Waals surface area contributed by atoms with E-state index in [1.54, 1.807) is 6.07 Å². The molecule has 1 radical (unpaired) electrons. The van der Waals surface area contributed by atoms with Gasteiger partial charge in [0.1, 0.15) is 5.82 Å².